The Hall–Kier alpha value is -2.60. The van der Waals surface area contributed by atoms with Gasteiger partial charge in [0.2, 0.25) is 5.88 Å². The molecule has 0 atom stereocenters. The molecule has 3 N–H and O–H groups in total. The number of ether oxygens (including phenoxy) is 1. The van der Waals surface area contributed by atoms with Crippen molar-refractivity contribution in [3.05, 3.63) is 59.8 Å². The molecule has 31 heavy (non-hydrogen) atoms. The van der Waals surface area contributed by atoms with Crippen LogP contribution in [0.25, 0.3) is 0 Å². The lowest BCUT2D eigenvalue weighted by Crippen LogP contribution is -2.44. The third-order valence-corrected chi connectivity index (χ3v) is 5.98. The van der Waals surface area contributed by atoms with Crippen LogP contribution in [0.3, 0.4) is 0 Å². The van der Waals surface area contributed by atoms with Gasteiger partial charge in [0.1, 0.15) is 6.61 Å². The minimum Gasteiger partial charge on any atom is -0.473 e. The number of rotatable bonds is 10. The first-order valence-corrected chi connectivity index (χ1v) is 11.5. The standard InChI is InChI=1S/C25H36N4O2/c1-2-26-24(29-20-25(14-16-30)12-7-4-8-13-25)28-18-22-11-15-27-23(17-22)31-19-21-9-5-3-6-10-21/h3,5-6,9-11,15,17,30H,2,4,7-8,12-14,16,18-20H2,1H3,(H2,26,28,29). The first-order chi connectivity index (χ1) is 15.2. The molecule has 0 aliphatic heterocycles. The Kier molecular flexibility index (Phi) is 9.16. The van der Waals surface area contributed by atoms with Crippen LogP contribution in [0.2, 0.25) is 0 Å². The zero-order chi connectivity index (χ0) is 21.8. The number of guanidine groups is 1. The number of aliphatic hydroxyl groups excluding tert-OH is 1. The van der Waals surface area contributed by atoms with Crippen molar-refractivity contribution < 1.29 is 9.84 Å². The molecule has 3 rings (SSSR count). The van der Waals surface area contributed by atoms with Crippen molar-refractivity contribution >= 4 is 5.96 Å². The molecule has 2 aromatic rings. The molecule has 1 aromatic heterocycles. The highest BCUT2D eigenvalue weighted by atomic mass is 16.5. The molecule has 6 heteroatoms. The number of hydrogen-bond donors (Lipinski definition) is 3. The average molecular weight is 425 g/mol. The topological polar surface area (TPSA) is 78.8 Å². The summed E-state index contributed by atoms with van der Waals surface area (Å²) < 4.78 is 5.84. The first-order valence-electron chi connectivity index (χ1n) is 11.5. The van der Waals surface area contributed by atoms with Crippen LogP contribution in [0.15, 0.2) is 53.7 Å². The zero-order valence-electron chi connectivity index (χ0n) is 18.6. The molecular weight excluding hydrogens is 388 g/mol. The third kappa shape index (κ3) is 7.55. The van der Waals surface area contributed by atoms with Gasteiger partial charge in [-0.2, -0.15) is 0 Å². The van der Waals surface area contributed by atoms with Gasteiger partial charge < -0.3 is 20.5 Å². The number of aromatic nitrogens is 1. The highest BCUT2D eigenvalue weighted by Crippen LogP contribution is 2.38. The number of pyridine rings is 1. The fourth-order valence-electron chi connectivity index (χ4n) is 4.20. The molecule has 0 spiro atoms. The molecule has 1 fully saturated rings. The fraction of sp³-hybridized carbons (Fsp3) is 0.520. The summed E-state index contributed by atoms with van der Waals surface area (Å²) in [7, 11) is 0. The van der Waals surface area contributed by atoms with Gasteiger partial charge in [0.25, 0.3) is 0 Å². The van der Waals surface area contributed by atoms with E-state index in [2.05, 4.69) is 22.5 Å². The van der Waals surface area contributed by atoms with E-state index in [0.29, 0.717) is 19.0 Å². The van der Waals surface area contributed by atoms with E-state index >= 15 is 0 Å². The van der Waals surface area contributed by atoms with E-state index in [1.54, 1.807) is 6.20 Å². The summed E-state index contributed by atoms with van der Waals surface area (Å²) in [6.07, 6.45) is 8.77. The highest BCUT2D eigenvalue weighted by molar-refractivity contribution is 5.79. The monoisotopic (exact) mass is 424 g/mol. The van der Waals surface area contributed by atoms with Crippen molar-refractivity contribution in [3.8, 4) is 5.88 Å². The van der Waals surface area contributed by atoms with Gasteiger partial charge in [-0.05, 0) is 48.8 Å². The predicted molar refractivity (Wildman–Crippen MR) is 125 cm³/mol. The maximum absolute atomic E-state index is 9.56. The Bertz CT molecular complexity index is 799. The number of aliphatic imine (C=N–C) groups is 1. The molecular formula is C25H36N4O2. The molecule has 0 amide bonds. The van der Waals surface area contributed by atoms with Crippen molar-refractivity contribution in [2.45, 2.75) is 58.6 Å². The lowest BCUT2D eigenvalue weighted by molar-refractivity contribution is 0.131. The Morgan fingerprint density at radius 3 is 2.65 bits per heavy atom. The van der Waals surface area contributed by atoms with Crippen molar-refractivity contribution in [2.24, 2.45) is 10.4 Å². The molecule has 1 saturated carbocycles. The minimum atomic E-state index is 0.179. The Morgan fingerprint density at radius 2 is 1.90 bits per heavy atom. The maximum atomic E-state index is 9.56. The molecule has 6 nitrogen and oxygen atoms in total. The van der Waals surface area contributed by atoms with E-state index in [0.717, 1.165) is 36.6 Å². The van der Waals surface area contributed by atoms with Crippen LogP contribution in [0.4, 0.5) is 0 Å². The number of nitrogens with zero attached hydrogens (tertiary/aromatic N) is 2. The summed E-state index contributed by atoms with van der Waals surface area (Å²) in [6, 6.07) is 14.0. The van der Waals surface area contributed by atoms with Gasteiger partial charge in [-0.3, -0.25) is 0 Å². The van der Waals surface area contributed by atoms with Gasteiger partial charge in [0.05, 0.1) is 6.54 Å². The lowest BCUT2D eigenvalue weighted by atomic mass is 9.72. The molecule has 0 unspecified atom stereocenters. The second kappa shape index (κ2) is 12.3. The number of nitrogens with one attached hydrogen (secondary N) is 2. The van der Waals surface area contributed by atoms with E-state index in [1.807, 2.05) is 42.5 Å². The quantitative estimate of drug-likeness (QED) is 0.396. The lowest BCUT2D eigenvalue weighted by Gasteiger charge is -2.37. The van der Waals surface area contributed by atoms with Crippen LogP contribution in [0.5, 0.6) is 5.88 Å². The zero-order valence-corrected chi connectivity index (χ0v) is 18.6. The van der Waals surface area contributed by atoms with Gasteiger partial charge in [-0.15, -0.1) is 0 Å². The predicted octanol–water partition coefficient (Wildman–Crippen LogP) is 4.05. The average Bonchev–Trinajstić information content (AvgIpc) is 2.81. The summed E-state index contributed by atoms with van der Waals surface area (Å²) in [4.78, 5) is 9.09. The summed E-state index contributed by atoms with van der Waals surface area (Å²) in [5, 5.41) is 16.4. The summed E-state index contributed by atoms with van der Waals surface area (Å²) in [6.45, 7) is 5.02. The fourth-order valence-corrected chi connectivity index (χ4v) is 4.20. The van der Waals surface area contributed by atoms with Crippen molar-refractivity contribution in [2.75, 3.05) is 19.7 Å². The second-order valence-corrected chi connectivity index (χ2v) is 8.36. The van der Waals surface area contributed by atoms with Gasteiger partial charge in [0, 0.05) is 32.0 Å². The third-order valence-electron chi connectivity index (χ3n) is 5.98. The summed E-state index contributed by atoms with van der Waals surface area (Å²) >= 11 is 0. The van der Waals surface area contributed by atoms with Crippen molar-refractivity contribution in [1.82, 2.24) is 15.6 Å². The molecule has 168 valence electrons. The summed E-state index contributed by atoms with van der Waals surface area (Å²) in [5.41, 5.74) is 2.35. The maximum Gasteiger partial charge on any atom is 0.213 e. The Morgan fingerprint density at radius 1 is 1.10 bits per heavy atom. The highest BCUT2D eigenvalue weighted by Gasteiger charge is 2.31. The number of hydrogen-bond acceptors (Lipinski definition) is 4. The normalized spacial score (nSPS) is 16.0. The molecule has 1 aromatic carbocycles. The largest absolute Gasteiger partial charge is 0.473 e. The first kappa shape index (κ1) is 23.1. The van der Waals surface area contributed by atoms with E-state index in [1.165, 1.54) is 32.1 Å². The second-order valence-electron chi connectivity index (χ2n) is 8.36. The SMILES string of the molecule is CCNC(=NCc1ccnc(OCc2ccccc2)c1)NCC1(CCO)CCCCC1. The molecule has 0 bridgehead atoms. The Balaban J connectivity index is 1.58. The van der Waals surface area contributed by atoms with Crippen LogP contribution in [-0.4, -0.2) is 35.7 Å². The van der Waals surface area contributed by atoms with Gasteiger partial charge in [0.15, 0.2) is 5.96 Å². The number of benzene rings is 1. The molecule has 1 heterocycles. The van der Waals surface area contributed by atoms with E-state index in [-0.39, 0.29) is 12.0 Å². The van der Waals surface area contributed by atoms with Gasteiger partial charge in [-0.1, -0.05) is 49.6 Å². The molecule has 0 radical (unpaired) electrons. The smallest absolute Gasteiger partial charge is 0.213 e. The van der Waals surface area contributed by atoms with Gasteiger partial charge in [-0.25, -0.2) is 9.98 Å². The van der Waals surface area contributed by atoms with Crippen LogP contribution < -0.4 is 15.4 Å². The minimum absolute atomic E-state index is 0.179. The molecule has 1 aliphatic carbocycles. The van der Waals surface area contributed by atoms with Gasteiger partial charge >= 0.3 is 0 Å². The van der Waals surface area contributed by atoms with E-state index in [4.69, 9.17) is 9.73 Å². The van der Waals surface area contributed by atoms with E-state index < -0.39 is 0 Å². The molecule has 0 saturated heterocycles. The van der Waals surface area contributed by atoms with Crippen LogP contribution in [-0.2, 0) is 13.2 Å². The van der Waals surface area contributed by atoms with E-state index in [9.17, 15) is 5.11 Å². The van der Waals surface area contributed by atoms with Crippen LogP contribution in [0.1, 0.15) is 56.6 Å². The van der Waals surface area contributed by atoms with Crippen molar-refractivity contribution in [3.63, 3.8) is 0 Å². The Labute approximate surface area is 186 Å². The summed E-state index contributed by atoms with van der Waals surface area (Å²) in [5.74, 6) is 1.42. The molecule has 1 aliphatic rings. The number of aliphatic hydroxyl groups is 1. The van der Waals surface area contributed by atoms with Crippen LogP contribution in [0, 0.1) is 5.41 Å². The van der Waals surface area contributed by atoms with Crippen LogP contribution >= 0.6 is 0 Å². The van der Waals surface area contributed by atoms with Crippen molar-refractivity contribution in [1.29, 1.82) is 0 Å².